The maximum atomic E-state index is 12.7. The molecular formula is C23H31ClN2O5S. The fourth-order valence-corrected chi connectivity index (χ4v) is 4.69. The number of carbonyl (C=O) groups is 1. The van der Waals surface area contributed by atoms with Crippen LogP contribution in [-0.4, -0.2) is 43.3 Å². The van der Waals surface area contributed by atoms with Gasteiger partial charge in [-0.25, -0.2) is 9.78 Å². The zero-order valence-corrected chi connectivity index (χ0v) is 20.4. The number of aryl methyl sites for hydroxylation is 1. The van der Waals surface area contributed by atoms with Crippen LogP contribution in [0.4, 0.5) is 4.79 Å². The second-order valence-electron chi connectivity index (χ2n) is 8.86. The zero-order chi connectivity index (χ0) is 23.5. The van der Waals surface area contributed by atoms with Crippen molar-refractivity contribution in [3.05, 3.63) is 52.7 Å². The van der Waals surface area contributed by atoms with Crippen LogP contribution in [0.2, 0.25) is 5.02 Å². The van der Waals surface area contributed by atoms with Crippen molar-refractivity contribution >= 4 is 28.6 Å². The summed E-state index contributed by atoms with van der Waals surface area (Å²) < 4.78 is 31.9. The van der Waals surface area contributed by atoms with E-state index < -0.39 is 16.5 Å². The molecule has 32 heavy (non-hydrogen) atoms. The Labute approximate surface area is 196 Å². The molecule has 1 heterocycles. The first kappa shape index (κ1) is 24.6. The van der Waals surface area contributed by atoms with Gasteiger partial charge in [0.25, 0.3) is 0 Å². The topological polar surface area (TPSA) is 92.1 Å². The zero-order valence-electron chi connectivity index (χ0n) is 18.9. The molecule has 0 aliphatic heterocycles. The number of ether oxygens (including phenoxy) is 1. The number of amides is 1. The highest BCUT2D eigenvalue weighted by Gasteiger charge is 2.31. The lowest BCUT2D eigenvalue weighted by molar-refractivity contribution is 0.0145. The molecule has 3 rings (SSSR count). The van der Waals surface area contributed by atoms with Crippen molar-refractivity contribution in [3.8, 4) is 5.88 Å². The number of rotatable bonds is 6. The lowest BCUT2D eigenvalue weighted by Crippen LogP contribution is -2.46. The molecule has 1 amide bonds. The molecule has 1 aromatic carbocycles. The van der Waals surface area contributed by atoms with E-state index in [0.717, 1.165) is 24.1 Å². The maximum Gasteiger partial charge on any atom is 0.410 e. The molecule has 1 atom stereocenters. The fourth-order valence-electron chi connectivity index (χ4n) is 3.65. The number of nitrogens with zero attached hydrogens (tertiary/aromatic N) is 2. The number of halogens is 1. The summed E-state index contributed by atoms with van der Waals surface area (Å²) in [5.41, 5.74) is 1.31. The minimum absolute atomic E-state index is 0.0281. The van der Waals surface area contributed by atoms with Gasteiger partial charge in [0.2, 0.25) is 5.88 Å². The van der Waals surface area contributed by atoms with Gasteiger partial charge in [0.15, 0.2) is 10.9 Å². The molecule has 1 aliphatic rings. The summed E-state index contributed by atoms with van der Waals surface area (Å²) in [6.45, 7) is 8.27. The van der Waals surface area contributed by atoms with E-state index in [1.54, 1.807) is 18.2 Å². The van der Waals surface area contributed by atoms with Crippen LogP contribution in [0.5, 0.6) is 5.88 Å². The summed E-state index contributed by atoms with van der Waals surface area (Å²) in [7, 11) is -3.51. The van der Waals surface area contributed by atoms with E-state index in [1.807, 2.05) is 38.7 Å². The lowest BCUT2D eigenvalue weighted by atomic mass is 9.91. The standard InChI is InChI=1S/C23H31ClN2O5S/c1-5-14-26(22(27)30-23(2,3)4)18-9-12-20-16(15-18)6-13-21(25-20)31-32(28,29)19-10-7-17(24)8-11-19/h6-8,10-11,13,18,28-29H,5,9,12,14-15H2,1-4H3. The Balaban J connectivity index is 1.73. The van der Waals surface area contributed by atoms with Crippen LogP contribution in [0.15, 0.2) is 41.3 Å². The Morgan fingerprint density at radius 3 is 2.53 bits per heavy atom. The number of hydrogen-bond acceptors (Lipinski definition) is 6. The molecule has 0 radical (unpaired) electrons. The number of hydrogen-bond donors (Lipinski definition) is 2. The molecule has 1 aliphatic carbocycles. The van der Waals surface area contributed by atoms with Crippen LogP contribution in [0.1, 0.15) is 51.8 Å². The molecule has 1 unspecified atom stereocenters. The van der Waals surface area contributed by atoms with Crippen LogP contribution in [0, 0.1) is 0 Å². The van der Waals surface area contributed by atoms with Crippen LogP contribution in [0.3, 0.4) is 0 Å². The first-order valence-corrected chi connectivity index (χ1v) is 12.5. The first-order chi connectivity index (χ1) is 15.0. The van der Waals surface area contributed by atoms with Crippen molar-refractivity contribution in [3.63, 3.8) is 0 Å². The van der Waals surface area contributed by atoms with Gasteiger partial charge in [-0.1, -0.05) is 24.6 Å². The van der Waals surface area contributed by atoms with Gasteiger partial charge in [-0.05, 0) is 76.3 Å². The molecule has 9 heteroatoms. The quantitative estimate of drug-likeness (QED) is 0.498. The van der Waals surface area contributed by atoms with Gasteiger partial charge in [-0.3, -0.25) is 9.11 Å². The molecule has 1 aromatic heterocycles. The summed E-state index contributed by atoms with van der Waals surface area (Å²) in [6, 6.07) is 9.70. The van der Waals surface area contributed by atoms with Crippen molar-refractivity contribution in [2.75, 3.05) is 6.54 Å². The minimum Gasteiger partial charge on any atom is -0.444 e. The first-order valence-electron chi connectivity index (χ1n) is 10.7. The predicted octanol–water partition coefficient (Wildman–Crippen LogP) is 6.34. The summed E-state index contributed by atoms with van der Waals surface area (Å²) in [5, 5.41) is 0.494. The van der Waals surface area contributed by atoms with Crippen LogP contribution in [-0.2, 0) is 17.6 Å². The molecule has 0 saturated heterocycles. The van der Waals surface area contributed by atoms with Gasteiger partial charge >= 0.3 is 6.09 Å². The van der Waals surface area contributed by atoms with Crippen molar-refractivity contribution in [2.24, 2.45) is 0 Å². The highest BCUT2D eigenvalue weighted by molar-refractivity contribution is 8.20. The van der Waals surface area contributed by atoms with Crippen LogP contribution >= 0.6 is 22.5 Å². The number of aromatic nitrogens is 1. The smallest absolute Gasteiger partial charge is 0.410 e. The second-order valence-corrected chi connectivity index (χ2v) is 10.9. The van der Waals surface area contributed by atoms with Crippen molar-refractivity contribution in [1.82, 2.24) is 9.88 Å². The average molecular weight is 483 g/mol. The van der Waals surface area contributed by atoms with Gasteiger partial charge in [-0.15, -0.1) is 0 Å². The second kappa shape index (κ2) is 9.87. The maximum absolute atomic E-state index is 12.7. The Morgan fingerprint density at radius 1 is 1.22 bits per heavy atom. The highest BCUT2D eigenvalue weighted by Crippen LogP contribution is 2.49. The molecule has 0 fully saturated rings. The Kier molecular flexibility index (Phi) is 7.60. The van der Waals surface area contributed by atoms with E-state index in [4.69, 9.17) is 20.5 Å². The molecule has 7 nitrogen and oxygen atoms in total. The Morgan fingerprint density at radius 2 is 1.91 bits per heavy atom. The lowest BCUT2D eigenvalue weighted by Gasteiger charge is -2.36. The largest absolute Gasteiger partial charge is 0.444 e. The summed E-state index contributed by atoms with van der Waals surface area (Å²) in [6.07, 6.45) is 2.61. The van der Waals surface area contributed by atoms with Gasteiger partial charge in [0.1, 0.15) is 5.60 Å². The van der Waals surface area contributed by atoms with E-state index >= 15 is 0 Å². The number of pyridine rings is 1. The molecule has 2 aromatic rings. The van der Waals surface area contributed by atoms with E-state index in [9.17, 15) is 13.9 Å². The van der Waals surface area contributed by atoms with Crippen molar-refractivity contribution in [1.29, 1.82) is 0 Å². The third kappa shape index (κ3) is 6.28. The predicted molar refractivity (Wildman–Crippen MR) is 126 cm³/mol. The van der Waals surface area contributed by atoms with Crippen LogP contribution < -0.4 is 4.18 Å². The summed E-state index contributed by atoms with van der Waals surface area (Å²) in [4.78, 5) is 19.3. The Bertz CT molecular complexity index is 946. The average Bonchev–Trinajstić information content (AvgIpc) is 2.70. The van der Waals surface area contributed by atoms with Crippen LogP contribution in [0.25, 0.3) is 0 Å². The van der Waals surface area contributed by atoms with E-state index in [2.05, 4.69) is 4.98 Å². The highest BCUT2D eigenvalue weighted by atomic mass is 35.5. The number of carbonyl (C=O) groups excluding carboxylic acids is 1. The molecule has 0 bridgehead atoms. The third-order valence-corrected chi connectivity index (χ3v) is 6.61. The van der Waals surface area contributed by atoms with Gasteiger partial charge in [-0.2, -0.15) is 0 Å². The number of benzene rings is 1. The monoisotopic (exact) mass is 482 g/mol. The van der Waals surface area contributed by atoms with Crippen molar-refractivity contribution < 1.29 is 22.8 Å². The van der Waals surface area contributed by atoms with Crippen molar-refractivity contribution in [2.45, 2.75) is 69.9 Å². The molecule has 176 valence electrons. The van der Waals surface area contributed by atoms with E-state index in [-0.39, 0.29) is 22.9 Å². The molecule has 2 N–H and O–H groups in total. The molecule has 0 saturated carbocycles. The van der Waals surface area contributed by atoms with E-state index in [1.165, 1.54) is 12.1 Å². The minimum atomic E-state index is -3.51. The normalized spacial score (nSPS) is 16.8. The summed E-state index contributed by atoms with van der Waals surface area (Å²) in [5.74, 6) is 0.148. The Hall–Kier alpha value is -2.00. The number of fused-ring (bicyclic) bond motifs is 1. The van der Waals surface area contributed by atoms with E-state index in [0.29, 0.717) is 24.4 Å². The summed E-state index contributed by atoms with van der Waals surface area (Å²) >= 11 is 5.87. The van der Waals surface area contributed by atoms with Gasteiger partial charge in [0.05, 0.1) is 4.90 Å². The fraction of sp³-hybridized carbons (Fsp3) is 0.478. The third-order valence-electron chi connectivity index (χ3n) is 5.07. The molecular weight excluding hydrogens is 452 g/mol. The van der Waals surface area contributed by atoms with Gasteiger partial charge in [0, 0.05) is 29.4 Å². The molecule has 0 spiro atoms. The SMILES string of the molecule is CCCN(C(=O)OC(C)(C)C)C1CCc2nc(OS(O)(O)c3ccc(Cl)cc3)ccc2C1. The van der Waals surface area contributed by atoms with Gasteiger partial charge < -0.3 is 13.8 Å².